The quantitative estimate of drug-likeness (QED) is 0.749. The normalized spacial score (nSPS) is 13.0. The van der Waals surface area contributed by atoms with E-state index in [1.165, 1.54) is 0 Å². The lowest BCUT2D eigenvalue weighted by Crippen LogP contribution is -2.18. The standard InChI is InChI=1S/C9H13N5/c1-2-14-6-5-13-9(14)7(10)8-11-3-4-12-8/h3-7H,2,10H2,1H3,(H,11,12). The van der Waals surface area contributed by atoms with Crippen LogP contribution in [0.15, 0.2) is 24.8 Å². The molecule has 74 valence electrons. The summed E-state index contributed by atoms with van der Waals surface area (Å²) in [6.45, 7) is 2.92. The molecule has 0 aliphatic heterocycles. The van der Waals surface area contributed by atoms with Gasteiger partial charge in [-0.05, 0) is 6.92 Å². The summed E-state index contributed by atoms with van der Waals surface area (Å²) in [5.74, 6) is 1.58. The lowest BCUT2D eigenvalue weighted by Gasteiger charge is -2.10. The van der Waals surface area contributed by atoms with E-state index >= 15 is 0 Å². The van der Waals surface area contributed by atoms with Crippen LogP contribution in [0.3, 0.4) is 0 Å². The third-order valence-corrected chi connectivity index (χ3v) is 2.18. The Kier molecular flexibility index (Phi) is 2.32. The molecule has 0 radical (unpaired) electrons. The molecule has 0 spiro atoms. The molecular formula is C9H13N5. The average molecular weight is 191 g/mol. The molecule has 1 unspecified atom stereocenters. The third-order valence-electron chi connectivity index (χ3n) is 2.18. The first-order valence-electron chi connectivity index (χ1n) is 4.58. The smallest absolute Gasteiger partial charge is 0.133 e. The van der Waals surface area contributed by atoms with Crippen LogP contribution >= 0.6 is 0 Å². The van der Waals surface area contributed by atoms with Crippen molar-refractivity contribution in [2.45, 2.75) is 19.5 Å². The average Bonchev–Trinajstić information content (AvgIpc) is 2.87. The predicted molar refractivity (Wildman–Crippen MR) is 52.5 cm³/mol. The molecule has 0 aliphatic rings. The Morgan fingerprint density at radius 2 is 2.36 bits per heavy atom. The predicted octanol–water partition coefficient (Wildman–Crippen LogP) is 0.674. The highest BCUT2D eigenvalue weighted by atomic mass is 15.1. The second-order valence-electron chi connectivity index (χ2n) is 3.02. The van der Waals surface area contributed by atoms with E-state index < -0.39 is 0 Å². The van der Waals surface area contributed by atoms with Gasteiger partial charge in [0.15, 0.2) is 0 Å². The van der Waals surface area contributed by atoms with E-state index in [-0.39, 0.29) is 6.04 Å². The third kappa shape index (κ3) is 1.42. The first kappa shape index (κ1) is 8.96. The summed E-state index contributed by atoms with van der Waals surface area (Å²) in [6, 6.07) is -0.278. The second-order valence-corrected chi connectivity index (χ2v) is 3.02. The molecule has 14 heavy (non-hydrogen) atoms. The summed E-state index contributed by atoms with van der Waals surface area (Å²) in [4.78, 5) is 11.3. The van der Waals surface area contributed by atoms with Gasteiger partial charge in [0.25, 0.3) is 0 Å². The summed E-state index contributed by atoms with van der Waals surface area (Å²) < 4.78 is 2.01. The van der Waals surface area contributed by atoms with Crippen molar-refractivity contribution in [1.82, 2.24) is 19.5 Å². The monoisotopic (exact) mass is 191 g/mol. The van der Waals surface area contributed by atoms with Crippen LogP contribution in [-0.4, -0.2) is 19.5 Å². The SMILES string of the molecule is CCn1ccnc1C(N)c1ncc[nH]1. The van der Waals surface area contributed by atoms with Gasteiger partial charge in [0.05, 0.1) is 0 Å². The van der Waals surface area contributed by atoms with E-state index in [1.54, 1.807) is 18.6 Å². The van der Waals surface area contributed by atoms with E-state index in [9.17, 15) is 0 Å². The van der Waals surface area contributed by atoms with Gasteiger partial charge in [-0.2, -0.15) is 0 Å². The molecule has 2 aromatic rings. The van der Waals surface area contributed by atoms with Crippen molar-refractivity contribution in [2.24, 2.45) is 5.73 Å². The van der Waals surface area contributed by atoms with Gasteiger partial charge in [-0.3, -0.25) is 0 Å². The van der Waals surface area contributed by atoms with Crippen LogP contribution in [0.4, 0.5) is 0 Å². The summed E-state index contributed by atoms with van der Waals surface area (Å²) in [6.07, 6.45) is 7.11. The largest absolute Gasteiger partial charge is 0.347 e. The van der Waals surface area contributed by atoms with Gasteiger partial charge in [-0.25, -0.2) is 9.97 Å². The highest BCUT2D eigenvalue weighted by Crippen LogP contribution is 2.13. The van der Waals surface area contributed by atoms with Crippen LogP contribution in [0.1, 0.15) is 24.6 Å². The number of nitrogens with zero attached hydrogens (tertiary/aromatic N) is 3. The van der Waals surface area contributed by atoms with Gasteiger partial charge in [0.2, 0.25) is 0 Å². The molecule has 0 aromatic carbocycles. The minimum atomic E-state index is -0.278. The van der Waals surface area contributed by atoms with Gasteiger partial charge in [-0.1, -0.05) is 0 Å². The number of hydrogen-bond acceptors (Lipinski definition) is 3. The Bertz CT molecular complexity index is 389. The molecule has 0 amide bonds. The number of imidazole rings is 2. The van der Waals surface area contributed by atoms with Crippen LogP contribution in [-0.2, 0) is 6.54 Å². The molecule has 0 bridgehead atoms. The van der Waals surface area contributed by atoms with Crippen molar-refractivity contribution < 1.29 is 0 Å². The summed E-state index contributed by atoms with van der Waals surface area (Å²) in [7, 11) is 0. The molecule has 0 saturated heterocycles. The van der Waals surface area contributed by atoms with Crippen molar-refractivity contribution in [3.05, 3.63) is 36.4 Å². The molecule has 5 heteroatoms. The Morgan fingerprint density at radius 1 is 1.50 bits per heavy atom. The van der Waals surface area contributed by atoms with Gasteiger partial charge in [0, 0.05) is 31.3 Å². The number of nitrogens with two attached hydrogens (primary N) is 1. The molecule has 2 rings (SSSR count). The number of aryl methyl sites for hydroxylation is 1. The van der Waals surface area contributed by atoms with Crippen LogP contribution in [0.5, 0.6) is 0 Å². The van der Waals surface area contributed by atoms with Crippen LogP contribution < -0.4 is 5.73 Å². The van der Waals surface area contributed by atoms with Crippen molar-refractivity contribution in [3.63, 3.8) is 0 Å². The molecule has 5 nitrogen and oxygen atoms in total. The first-order valence-corrected chi connectivity index (χ1v) is 4.58. The summed E-state index contributed by atoms with van der Waals surface area (Å²) >= 11 is 0. The molecule has 0 fully saturated rings. The van der Waals surface area contributed by atoms with Gasteiger partial charge in [0.1, 0.15) is 17.7 Å². The number of H-pyrrole nitrogens is 1. The number of aromatic nitrogens is 4. The Balaban J connectivity index is 2.31. The van der Waals surface area contributed by atoms with Crippen molar-refractivity contribution in [1.29, 1.82) is 0 Å². The fourth-order valence-corrected chi connectivity index (χ4v) is 1.44. The lowest BCUT2D eigenvalue weighted by molar-refractivity contribution is 0.639. The molecule has 2 aromatic heterocycles. The molecular weight excluding hydrogens is 178 g/mol. The second kappa shape index (κ2) is 3.63. The number of rotatable bonds is 3. The van der Waals surface area contributed by atoms with Crippen LogP contribution in [0.2, 0.25) is 0 Å². The minimum absolute atomic E-state index is 0.278. The zero-order valence-corrected chi connectivity index (χ0v) is 8.01. The zero-order chi connectivity index (χ0) is 9.97. The first-order chi connectivity index (χ1) is 6.83. The maximum Gasteiger partial charge on any atom is 0.133 e. The Hall–Kier alpha value is -1.62. The topological polar surface area (TPSA) is 72.5 Å². The number of hydrogen-bond donors (Lipinski definition) is 2. The van der Waals surface area contributed by atoms with E-state index in [1.807, 2.05) is 10.8 Å². The van der Waals surface area contributed by atoms with E-state index in [2.05, 4.69) is 21.9 Å². The summed E-state index contributed by atoms with van der Waals surface area (Å²) in [5.41, 5.74) is 6.00. The van der Waals surface area contributed by atoms with E-state index in [0.717, 1.165) is 18.2 Å². The van der Waals surface area contributed by atoms with E-state index in [0.29, 0.717) is 0 Å². The molecule has 0 saturated carbocycles. The molecule has 1 atom stereocenters. The van der Waals surface area contributed by atoms with Gasteiger partial charge >= 0.3 is 0 Å². The van der Waals surface area contributed by atoms with Crippen molar-refractivity contribution in [3.8, 4) is 0 Å². The fraction of sp³-hybridized carbons (Fsp3) is 0.333. The van der Waals surface area contributed by atoms with Crippen molar-refractivity contribution in [2.75, 3.05) is 0 Å². The highest BCUT2D eigenvalue weighted by Gasteiger charge is 2.15. The fourth-order valence-electron chi connectivity index (χ4n) is 1.44. The molecule has 0 aliphatic carbocycles. The highest BCUT2D eigenvalue weighted by molar-refractivity contribution is 5.10. The minimum Gasteiger partial charge on any atom is -0.347 e. The molecule has 3 N–H and O–H groups in total. The zero-order valence-electron chi connectivity index (χ0n) is 8.01. The maximum absolute atomic E-state index is 6.00. The van der Waals surface area contributed by atoms with Gasteiger partial charge in [-0.15, -0.1) is 0 Å². The van der Waals surface area contributed by atoms with Crippen LogP contribution in [0.25, 0.3) is 0 Å². The van der Waals surface area contributed by atoms with Crippen LogP contribution in [0, 0.1) is 0 Å². The van der Waals surface area contributed by atoms with E-state index in [4.69, 9.17) is 5.73 Å². The molecule has 2 heterocycles. The van der Waals surface area contributed by atoms with Gasteiger partial charge < -0.3 is 15.3 Å². The number of aromatic amines is 1. The Labute approximate surface area is 82.0 Å². The Morgan fingerprint density at radius 3 is 3.00 bits per heavy atom. The number of nitrogens with one attached hydrogen (secondary N) is 1. The van der Waals surface area contributed by atoms with Crippen molar-refractivity contribution >= 4 is 0 Å². The maximum atomic E-state index is 6.00. The summed E-state index contributed by atoms with van der Waals surface area (Å²) in [5, 5.41) is 0. The lowest BCUT2D eigenvalue weighted by atomic mass is 10.3.